The van der Waals surface area contributed by atoms with Crippen molar-refractivity contribution in [2.75, 3.05) is 13.7 Å². The van der Waals surface area contributed by atoms with Gasteiger partial charge in [0.2, 0.25) is 0 Å². The van der Waals surface area contributed by atoms with E-state index in [1.165, 1.54) is 0 Å². The zero-order chi connectivity index (χ0) is 16.3. The first kappa shape index (κ1) is 16.7. The van der Waals surface area contributed by atoms with Gasteiger partial charge in [-0.15, -0.1) is 0 Å². The maximum Gasteiger partial charge on any atom is 0.317 e. The number of nitrogens with zero attached hydrogens (tertiary/aromatic N) is 2. The summed E-state index contributed by atoms with van der Waals surface area (Å²) in [6, 6.07) is 3.99. The second kappa shape index (κ2) is 6.65. The molecule has 1 saturated carbocycles. The Morgan fingerprint density at radius 3 is 2.68 bits per heavy atom. The molecule has 0 radical (unpaired) electrons. The van der Waals surface area contributed by atoms with Gasteiger partial charge in [0.15, 0.2) is 0 Å². The molecule has 122 valence electrons. The third-order valence-corrected chi connectivity index (χ3v) is 4.93. The first-order chi connectivity index (χ1) is 10.4. The Balaban J connectivity index is 1.93. The summed E-state index contributed by atoms with van der Waals surface area (Å²) in [6.07, 6.45) is 4.61. The number of hydrogen-bond acceptors (Lipinski definition) is 3. The van der Waals surface area contributed by atoms with Crippen molar-refractivity contribution in [1.82, 2.24) is 15.2 Å². The smallest absolute Gasteiger partial charge is 0.317 e. The van der Waals surface area contributed by atoms with Crippen molar-refractivity contribution in [1.29, 1.82) is 0 Å². The lowest BCUT2D eigenvalue weighted by Crippen LogP contribution is -2.63. The maximum atomic E-state index is 12.5. The summed E-state index contributed by atoms with van der Waals surface area (Å²) in [6.45, 7) is 9.03. The molecule has 1 aliphatic carbocycles. The molecule has 0 unspecified atom stereocenters. The second-order valence-corrected chi connectivity index (χ2v) is 6.57. The molecule has 2 amide bonds. The van der Waals surface area contributed by atoms with E-state index in [0.29, 0.717) is 6.61 Å². The molecular weight excluding hydrogens is 278 g/mol. The zero-order valence-corrected chi connectivity index (χ0v) is 14.2. The standard InChI is InChI=1S/C17H27N3O2/c1-6-22-15-11-14(17(15,3)4)19-16(21)20(5)12(2)13-7-9-18-10-8-13/h7-10,12,14-15H,6,11H2,1-5H3,(H,19,21)/t12-,14-,15-/m1/s1. The minimum Gasteiger partial charge on any atom is -0.378 e. The molecule has 0 aromatic carbocycles. The number of amides is 2. The Hall–Kier alpha value is -1.62. The van der Waals surface area contributed by atoms with Gasteiger partial charge in [0.1, 0.15) is 0 Å². The molecule has 1 aromatic heterocycles. The van der Waals surface area contributed by atoms with Crippen LogP contribution in [0.15, 0.2) is 24.5 Å². The predicted molar refractivity (Wildman–Crippen MR) is 86.5 cm³/mol. The van der Waals surface area contributed by atoms with Crippen LogP contribution in [0.1, 0.15) is 45.7 Å². The summed E-state index contributed by atoms with van der Waals surface area (Å²) in [7, 11) is 1.83. The molecule has 1 N–H and O–H groups in total. The fourth-order valence-electron chi connectivity index (χ4n) is 2.91. The normalized spacial score (nSPS) is 24.2. The molecule has 22 heavy (non-hydrogen) atoms. The highest BCUT2D eigenvalue weighted by Gasteiger charge is 2.49. The number of hydrogen-bond donors (Lipinski definition) is 1. The van der Waals surface area contributed by atoms with Crippen LogP contribution >= 0.6 is 0 Å². The van der Waals surface area contributed by atoms with Gasteiger partial charge < -0.3 is 15.0 Å². The highest BCUT2D eigenvalue weighted by Crippen LogP contribution is 2.42. The van der Waals surface area contributed by atoms with E-state index in [9.17, 15) is 4.79 Å². The van der Waals surface area contributed by atoms with Crippen LogP contribution in [0.3, 0.4) is 0 Å². The Labute approximate surface area is 133 Å². The van der Waals surface area contributed by atoms with E-state index >= 15 is 0 Å². The number of aromatic nitrogens is 1. The van der Waals surface area contributed by atoms with Crippen molar-refractivity contribution in [2.45, 2.75) is 52.3 Å². The number of nitrogens with one attached hydrogen (secondary N) is 1. The van der Waals surface area contributed by atoms with Crippen molar-refractivity contribution in [3.05, 3.63) is 30.1 Å². The summed E-state index contributed by atoms with van der Waals surface area (Å²) in [4.78, 5) is 18.2. The van der Waals surface area contributed by atoms with Crippen LogP contribution in [-0.2, 0) is 4.74 Å². The van der Waals surface area contributed by atoms with Crippen molar-refractivity contribution < 1.29 is 9.53 Å². The highest BCUT2D eigenvalue weighted by atomic mass is 16.5. The van der Waals surface area contributed by atoms with Gasteiger partial charge in [-0.1, -0.05) is 13.8 Å². The monoisotopic (exact) mass is 305 g/mol. The van der Waals surface area contributed by atoms with E-state index < -0.39 is 0 Å². The fourth-order valence-corrected chi connectivity index (χ4v) is 2.91. The number of carbonyl (C=O) groups is 1. The average molecular weight is 305 g/mol. The number of rotatable bonds is 5. The lowest BCUT2D eigenvalue weighted by molar-refractivity contribution is -0.111. The van der Waals surface area contributed by atoms with Crippen molar-refractivity contribution in [3.8, 4) is 0 Å². The van der Waals surface area contributed by atoms with Gasteiger partial charge in [-0.3, -0.25) is 4.98 Å². The van der Waals surface area contributed by atoms with Crippen LogP contribution in [0.2, 0.25) is 0 Å². The van der Waals surface area contributed by atoms with Crippen molar-refractivity contribution in [3.63, 3.8) is 0 Å². The first-order valence-corrected chi connectivity index (χ1v) is 7.92. The Morgan fingerprint density at radius 1 is 1.50 bits per heavy atom. The van der Waals surface area contributed by atoms with Crippen LogP contribution in [0.4, 0.5) is 4.79 Å². The zero-order valence-electron chi connectivity index (χ0n) is 14.2. The third kappa shape index (κ3) is 3.24. The van der Waals surface area contributed by atoms with E-state index in [0.717, 1.165) is 12.0 Å². The first-order valence-electron chi connectivity index (χ1n) is 7.92. The van der Waals surface area contributed by atoms with E-state index in [1.807, 2.05) is 33.0 Å². The van der Waals surface area contributed by atoms with Crippen LogP contribution < -0.4 is 5.32 Å². The average Bonchev–Trinajstić information content (AvgIpc) is 2.53. The molecule has 3 atom stereocenters. The van der Waals surface area contributed by atoms with Crippen molar-refractivity contribution >= 4 is 6.03 Å². The summed E-state index contributed by atoms with van der Waals surface area (Å²) < 4.78 is 5.71. The topological polar surface area (TPSA) is 54.5 Å². The summed E-state index contributed by atoms with van der Waals surface area (Å²) >= 11 is 0. The number of pyridine rings is 1. The number of urea groups is 1. The van der Waals surface area contributed by atoms with Crippen molar-refractivity contribution in [2.24, 2.45) is 5.41 Å². The number of carbonyl (C=O) groups excluding carboxylic acids is 1. The molecule has 0 bridgehead atoms. The molecule has 5 heteroatoms. The molecule has 1 aromatic rings. The Morgan fingerprint density at radius 2 is 2.14 bits per heavy atom. The lowest BCUT2D eigenvalue weighted by Gasteiger charge is -2.52. The van der Waals surface area contributed by atoms with Crippen LogP contribution in [-0.4, -0.2) is 41.7 Å². The SMILES string of the molecule is CCO[C@@H]1C[C@@H](NC(=O)N(C)[C@H](C)c2ccncc2)C1(C)C. The Bertz CT molecular complexity index is 504. The molecule has 1 fully saturated rings. The van der Waals surface area contributed by atoms with Gasteiger partial charge in [0.25, 0.3) is 0 Å². The minimum atomic E-state index is -0.0441. The number of ether oxygens (including phenoxy) is 1. The summed E-state index contributed by atoms with van der Waals surface area (Å²) in [5.41, 5.74) is 1.06. The van der Waals surface area contributed by atoms with Crippen LogP contribution in [0.5, 0.6) is 0 Å². The molecule has 2 rings (SSSR count). The quantitative estimate of drug-likeness (QED) is 0.910. The van der Waals surface area contributed by atoms with E-state index in [-0.39, 0.29) is 29.6 Å². The summed E-state index contributed by atoms with van der Waals surface area (Å²) in [5, 5.41) is 3.14. The maximum absolute atomic E-state index is 12.5. The Kier molecular flexibility index (Phi) is 5.06. The molecular formula is C17H27N3O2. The highest BCUT2D eigenvalue weighted by molar-refractivity contribution is 5.75. The van der Waals surface area contributed by atoms with Crippen LogP contribution in [0.25, 0.3) is 0 Å². The predicted octanol–water partition coefficient (Wildman–Crippen LogP) is 2.99. The van der Waals surface area contributed by atoms with Gasteiger partial charge >= 0.3 is 6.03 Å². The molecule has 0 spiro atoms. The molecule has 1 heterocycles. The van der Waals surface area contributed by atoms with Gasteiger partial charge in [-0.25, -0.2) is 4.79 Å². The summed E-state index contributed by atoms with van der Waals surface area (Å²) in [5.74, 6) is 0. The molecule has 0 saturated heterocycles. The van der Waals surface area contributed by atoms with E-state index in [1.54, 1.807) is 17.3 Å². The largest absolute Gasteiger partial charge is 0.378 e. The molecule has 5 nitrogen and oxygen atoms in total. The lowest BCUT2D eigenvalue weighted by atomic mass is 9.64. The van der Waals surface area contributed by atoms with Gasteiger partial charge in [-0.05, 0) is 38.0 Å². The third-order valence-electron chi connectivity index (χ3n) is 4.93. The van der Waals surface area contributed by atoms with E-state index in [2.05, 4.69) is 24.1 Å². The molecule has 1 aliphatic rings. The van der Waals surface area contributed by atoms with Gasteiger partial charge in [0, 0.05) is 37.5 Å². The van der Waals surface area contributed by atoms with Crippen LogP contribution in [0, 0.1) is 5.41 Å². The van der Waals surface area contributed by atoms with E-state index in [4.69, 9.17) is 4.74 Å². The van der Waals surface area contributed by atoms with Gasteiger partial charge in [0.05, 0.1) is 12.1 Å². The minimum absolute atomic E-state index is 0.00822. The van der Waals surface area contributed by atoms with Gasteiger partial charge in [-0.2, -0.15) is 0 Å². The fraction of sp³-hybridized carbons (Fsp3) is 0.647. The molecule has 0 aliphatic heterocycles. The second-order valence-electron chi connectivity index (χ2n) is 6.57.